The number of hydrogen-bond donors (Lipinski definition) is 1. The van der Waals surface area contributed by atoms with Gasteiger partial charge in [-0.3, -0.25) is 4.84 Å². The fourth-order valence-electron chi connectivity index (χ4n) is 1.57. The van der Waals surface area contributed by atoms with Crippen LogP contribution in [0.5, 0.6) is 5.75 Å². The molecule has 2 aromatic rings. The third kappa shape index (κ3) is 3.62. The summed E-state index contributed by atoms with van der Waals surface area (Å²) in [4.78, 5) is 9.46. The Morgan fingerprint density at radius 1 is 1.30 bits per heavy atom. The summed E-state index contributed by atoms with van der Waals surface area (Å²) in [5.74, 6) is 0.0470. The van der Waals surface area contributed by atoms with Crippen molar-refractivity contribution in [3.05, 3.63) is 58.9 Å². The lowest BCUT2D eigenvalue weighted by Crippen LogP contribution is -2.13. The maximum Gasteiger partial charge on any atom is 0.319 e. The van der Waals surface area contributed by atoms with E-state index in [9.17, 15) is 5.11 Å². The van der Waals surface area contributed by atoms with Crippen molar-refractivity contribution >= 4 is 29.1 Å². The van der Waals surface area contributed by atoms with Crippen molar-refractivity contribution in [2.45, 2.75) is 13.5 Å². The van der Waals surface area contributed by atoms with Crippen molar-refractivity contribution in [2.75, 3.05) is 0 Å². The Labute approximate surface area is 126 Å². The number of aromatic hydroxyl groups is 1. The van der Waals surface area contributed by atoms with Crippen molar-refractivity contribution in [3.8, 4) is 5.75 Å². The van der Waals surface area contributed by atoms with Gasteiger partial charge in [0.25, 0.3) is 5.71 Å². The first-order chi connectivity index (χ1) is 9.58. The minimum absolute atomic E-state index is 0.0470. The van der Waals surface area contributed by atoms with Crippen molar-refractivity contribution in [2.24, 2.45) is 0 Å². The quantitative estimate of drug-likeness (QED) is 0.533. The highest BCUT2D eigenvalue weighted by Gasteiger charge is 2.18. The predicted octanol–water partition coefficient (Wildman–Crippen LogP) is 3.55. The zero-order valence-corrected chi connectivity index (χ0v) is 12.3. The number of aromatic nitrogens is 1. The zero-order valence-electron chi connectivity index (χ0n) is 10.8. The van der Waals surface area contributed by atoms with Crippen LogP contribution in [0.15, 0.2) is 42.6 Å². The third-order valence-electron chi connectivity index (χ3n) is 2.65. The summed E-state index contributed by atoms with van der Waals surface area (Å²) >= 11 is 11.8. The number of benzene rings is 1. The Balaban J connectivity index is 2.10. The van der Waals surface area contributed by atoms with Crippen LogP contribution in [0.4, 0.5) is 0 Å². The Hall–Kier alpha value is -1.78. The fraction of sp³-hybridized carbons (Fsp3) is 0.143. The van der Waals surface area contributed by atoms with Gasteiger partial charge in [-0.1, -0.05) is 23.7 Å². The van der Waals surface area contributed by atoms with Crippen LogP contribution in [0.3, 0.4) is 0 Å². The molecule has 0 saturated carbocycles. The molecular formula is C14H13Cl2N2O2+. The van der Waals surface area contributed by atoms with E-state index in [2.05, 4.69) is 4.98 Å². The Morgan fingerprint density at radius 2 is 2.00 bits per heavy atom. The second kappa shape index (κ2) is 6.59. The molecular weight excluding hydrogens is 299 g/mol. The van der Waals surface area contributed by atoms with E-state index in [-0.39, 0.29) is 12.4 Å². The lowest BCUT2D eigenvalue weighted by molar-refractivity contribution is -0.688. The largest absolute Gasteiger partial charge is 0.505 e. The lowest BCUT2D eigenvalue weighted by Gasteiger charge is -2.01. The summed E-state index contributed by atoms with van der Waals surface area (Å²) in [7, 11) is 0. The Kier molecular flexibility index (Phi) is 4.82. The molecule has 0 bridgehead atoms. The van der Waals surface area contributed by atoms with Crippen molar-refractivity contribution in [3.63, 3.8) is 0 Å². The summed E-state index contributed by atoms with van der Waals surface area (Å²) in [5.41, 5.74) is 1.80. The smallest absolute Gasteiger partial charge is 0.319 e. The molecule has 1 aromatic carbocycles. The molecule has 1 N–H and O–H groups in total. The van der Waals surface area contributed by atoms with Crippen LogP contribution in [0.1, 0.15) is 18.2 Å². The maximum atomic E-state index is 9.71. The van der Waals surface area contributed by atoms with E-state index >= 15 is 0 Å². The molecule has 4 nitrogen and oxygen atoms in total. The molecule has 104 valence electrons. The predicted molar refractivity (Wildman–Crippen MR) is 78.0 cm³/mol. The average Bonchev–Trinajstić information content (AvgIpc) is 2.46. The van der Waals surface area contributed by atoms with Gasteiger partial charge in [-0.15, -0.1) is 0 Å². The van der Waals surface area contributed by atoms with Gasteiger partial charge in [0.05, 0.1) is 4.26 Å². The van der Waals surface area contributed by atoms with E-state index in [1.807, 2.05) is 12.1 Å². The van der Waals surface area contributed by atoms with Crippen molar-refractivity contribution in [1.29, 1.82) is 0 Å². The topological polar surface area (TPSA) is 45.4 Å². The minimum Gasteiger partial charge on any atom is -0.505 e. The van der Waals surface area contributed by atoms with Crippen LogP contribution < -0.4 is 0 Å². The molecule has 0 aliphatic rings. The summed E-state index contributed by atoms with van der Waals surface area (Å²) < 4.78 is 1.07. The Bertz CT molecular complexity index is 627. The molecule has 0 radical (unpaired) electrons. The first-order valence-corrected chi connectivity index (χ1v) is 6.60. The molecule has 2 rings (SSSR count). The summed E-state index contributed by atoms with van der Waals surface area (Å²) in [6, 6.07) is 10.4. The molecule has 0 fully saturated rings. The number of rotatable bonds is 4. The second-order valence-corrected chi connectivity index (χ2v) is 4.84. The molecule has 6 heteroatoms. The molecule has 0 amide bonds. The first-order valence-electron chi connectivity index (χ1n) is 5.89. The SMILES string of the molecule is CC(c1ncccc1O)=[N+](Cl)OCc1ccc(Cl)cc1. The fourth-order valence-corrected chi connectivity index (χ4v) is 1.82. The molecule has 1 aromatic heterocycles. The molecule has 0 aliphatic carbocycles. The maximum absolute atomic E-state index is 9.71. The summed E-state index contributed by atoms with van der Waals surface area (Å²) in [5, 5.41) is 10.4. The van der Waals surface area contributed by atoms with Crippen LogP contribution in [-0.2, 0) is 11.4 Å². The molecule has 0 aliphatic heterocycles. The average molecular weight is 312 g/mol. The van der Waals surface area contributed by atoms with E-state index in [4.69, 9.17) is 28.2 Å². The van der Waals surface area contributed by atoms with E-state index in [1.54, 1.807) is 31.3 Å². The molecule has 0 unspecified atom stereocenters. The van der Waals surface area contributed by atoms with E-state index in [0.29, 0.717) is 16.4 Å². The molecule has 20 heavy (non-hydrogen) atoms. The lowest BCUT2D eigenvalue weighted by atomic mass is 10.2. The van der Waals surface area contributed by atoms with Crippen LogP contribution in [0, 0.1) is 0 Å². The highest BCUT2D eigenvalue weighted by atomic mass is 35.5. The van der Waals surface area contributed by atoms with Crippen LogP contribution in [0.25, 0.3) is 0 Å². The van der Waals surface area contributed by atoms with Gasteiger partial charge in [-0.2, -0.15) is 0 Å². The van der Waals surface area contributed by atoms with Crippen LogP contribution in [-0.4, -0.2) is 20.1 Å². The minimum atomic E-state index is 0.0470. The van der Waals surface area contributed by atoms with Gasteiger partial charge in [-0.05, 0) is 29.8 Å². The normalized spacial score (nSPS) is 11.9. The van der Waals surface area contributed by atoms with Gasteiger partial charge in [0, 0.05) is 18.1 Å². The standard InChI is InChI=1S/C14H12Cl2N2O2/c1-10(14-13(19)3-2-8-17-14)18(16)20-9-11-4-6-12(15)7-5-11/h2-8H,9H2,1H3/p+1. The number of hydrogen-bond acceptors (Lipinski definition) is 3. The van der Waals surface area contributed by atoms with Gasteiger partial charge in [-0.25, -0.2) is 4.98 Å². The van der Waals surface area contributed by atoms with Gasteiger partial charge >= 0.3 is 11.8 Å². The van der Waals surface area contributed by atoms with Crippen LogP contribution in [0.2, 0.25) is 5.02 Å². The van der Waals surface area contributed by atoms with E-state index in [1.165, 1.54) is 6.07 Å². The first kappa shape index (κ1) is 14.6. The van der Waals surface area contributed by atoms with Gasteiger partial charge < -0.3 is 5.11 Å². The molecule has 1 heterocycles. The number of halogens is 2. The zero-order chi connectivity index (χ0) is 14.5. The van der Waals surface area contributed by atoms with E-state index in [0.717, 1.165) is 9.82 Å². The summed E-state index contributed by atoms with van der Waals surface area (Å²) in [6.45, 7) is 1.99. The number of nitrogens with zero attached hydrogens (tertiary/aromatic N) is 2. The second-order valence-electron chi connectivity index (χ2n) is 4.10. The Morgan fingerprint density at radius 3 is 2.65 bits per heavy atom. The third-order valence-corrected chi connectivity index (χ3v) is 3.25. The van der Waals surface area contributed by atoms with Gasteiger partial charge in [0.2, 0.25) is 0 Å². The highest BCUT2D eigenvalue weighted by Crippen LogP contribution is 2.15. The highest BCUT2D eigenvalue weighted by molar-refractivity contribution is 6.30. The number of pyridine rings is 1. The monoisotopic (exact) mass is 311 g/mol. The van der Waals surface area contributed by atoms with Gasteiger partial charge in [0.1, 0.15) is 5.75 Å². The van der Waals surface area contributed by atoms with Crippen LogP contribution >= 0.6 is 23.4 Å². The van der Waals surface area contributed by atoms with E-state index < -0.39 is 0 Å². The summed E-state index contributed by atoms with van der Waals surface area (Å²) in [6.07, 6.45) is 1.57. The molecule has 0 saturated heterocycles. The van der Waals surface area contributed by atoms with Crippen molar-refractivity contribution in [1.82, 2.24) is 4.98 Å². The molecule has 0 atom stereocenters. The molecule has 0 spiro atoms. The van der Waals surface area contributed by atoms with Crippen molar-refractivity contribution < 1.29 is 14.2 Å². The van der Waals surface area contributed by atoms with Gasteiger partial charge in [0.15, 0.2) is 12.3 Å².